The van der Waals surface area contributed by atoms with Crippen LogP contribution >= 0.6 is 11.3 Å². The van der Waals surface area contributed by atoms with E-state index in [0.29, 0.717) is 30.6 Å². The summed E-state index contributed by atoms with van der Waals surface area (Å²) in [7, 11) is 0. The van der Waals surface area contributed by atoms with Crippen LogP contribution in [0.15, 0.2) is 29.4 Å². The summed E-state index contributed by atoms with van der Waals surface area (Å²) < 4.78 is 12.4. The third kappa shape index (κ3) is 2.45. The van der Waals surface area contributed by atoms with Gasteiger partial charge in [-0.3, -0.25) is 0 Å². The van der Waals surface area contributed by atoms with Gasteiger partial charge in [-0.25, -0.2) is 4.79 Å². The molecule has 7 nitrogen and oxygen atoms in total. The Hall–Kier alpha value is -2.35. The number of rotatable bonds is 5. The van der Waals surface area contributed by atoms with E-state index in [1.807, 2.05) is 24.4 Å². The number of aromatic nitrogens is 3. The fraction of sp³-hybridized carbons (Fsp3) is 0.357. The van der Waals surface area contributed by atoms with Crippen molar-refractivity contribution in [1.29, 1.82) is 0 Å². The van der Waals surface area contributed by atoms with E-state index < -0.39 is 5.97 Å². The molecule has 2 aromatic rings. The monoisotopic (exact) mass is 320 g/mol. The van der Waals surface area contributed by atoms with Gasteiger partial charge in [0, 0.05) is 4.88 Å². The van der Waals surface area contributed by atoms with Crippen LogP contribution in [0, 0.1) is 0 Å². The Balaban J connectivity index is 2.14. The Morgan fingerprint density at radius 2 is 2.32 bits per heavy atom. The van der Waals surface area contributed by atoms with E-state index in [1.54, 1.807) is 18.3 Å². The van der Waals surface area contributed by atoms with Crippen LogP contribution in [-0.4, -0.2) is 33.9 Å². The molecule has 0 fully saturated rings. The molecule has 1 aliphatic heterocycles. The van der Waals surface area contributed by atoms with E-state index >= 15 is 0 Å². The molecule has 0 radical (unpaired) electrons. The zero-order chi connectivity index (χ0) is 15.5. The molecule has 1 N–H and O–H groups in total. The molecular weight excluding hydrogens is 304 g/mol. The largest absolute Gasteiger partial charge is 0.477 e. The standard InChI is InChI=1S/C14H16N4O3S/c1-3-20-12-10(13(19)21-4-2)11(9-6-5-7-22-9)17-14-15-8-16-18(12)14/h5-8,11H,3-4H2,1-2H3,(H,15,16,17). The summed E-state index contributed by atoms with van der Waals surface area (Å²) in [6, 6.07) is 3.53. The minimum Gasteiger partial charge on any atom is -0.477 e. The smallest absolute Gasteiger partial charge is 0.342 e. The van der Waals surface area contributed by atoms with Crippen molar-refractivity contribution < 1.29 is 14.3 Å². The molecule has 8 heteroatoms. The number of ether oxygens (including phenoxy) is 2. The van der Waals surface area contributed by atoms with Crippen LogP contribution < -0.4 is 5.32 Å². The first-order valence-corrected chi connectivity index (χ1v) is 7.88. The first-order chi connectivity index (χ1) is 10.8. The van der Waals surface area contributed by atoms with E-state index in [2.05, 4.69) is 15.4 Å². The van der Waals surface area contributed by atoms with Crippen LogP contribution in [0.3, 0.4) is 0 Å². The zero-order valence-electron chi connectivity index (χ0n) is 12.3. The SMILES string of the molecule is CCOC(=O)C1=C(OCC)n2ncnc2NC1c1cccs1. The van der Waals surface area contributed by atoms with Crippen molar-refractivity contribution in [2.75, 3.05) is 18.5 Å². The first kappa shape index (κ1) is 14.6. The molecule has 3 heterocycles. The summed E-state index contributed by atoms with van der Waals surface area (Å²) in [6.45, 7) is 4.34. The van der Waals surface area contributed by atoms with Crippen molar-refractivity contribution in [2.45, 2.75) is 19.9 Å². The van der Waals surface area contributed by atoms with Gasteiger partial charge in [-0.1, -0.05) is 6.07 Å². The molecule has 2 aromatic heterocycles. The number of anilines is 1. The summed E-state index contributed by atoms with van der Waals surface area (Å²) in [6.07, 6.45) is 1.42. The van der Waals surface area contributed by atoms with Crippen molar-refractivity contribution in [3.8, 4) is 0 Å². The van der Waals surface area contributed by atoms with Gasteiger partial charge in [0.05, 0.1) is 13.2 Å². The van der Waals surface area contributed by atoms with Crippen molar-refractivity contribution in [3.05, 3.63) is 34.3 Å². The van der Waals surface area contributed by atoms with E-state index in [9.17, 15) is 4.79 Å². The number of thiophene rings is 1. The highest BCUT2D eigenvalue weighted by Crippen LogP contribution is 2.37. The lowest BCUT2D eigenvalue weighted by molar-refractivity contribution is -0.138. The molecule has 3 rings (SSSR count). The molecule has 0 bridgehead atoms. The van der Waals surface area contributed by atoms with Gasteiger partial charge in [-0.2, -0.15) is 14.8 Å². The summed E-state index contributed by atoms with van der Waals surface area (Å²) in [4.78, 5) is 17.6. The van der Waals surface area contributed by atoms with Gasteiger partial charge < -0.3 is 14.8 Å². The number of fused-ring (bicyclic) bond motifs is 1. The number of hydrogen-bond acceptors (Lipinski definition) is 7. The molecule has 1 aliphatic rings. The Labute approximate surface area is 131 Å². The average molecular weight is 320 g/mol. The summed E-state index contributed by atoms with van der Waals surface area (Å²) in [5.74, 6) is 0.485. The van der Waals surface area contributed by atoms with Crippen LogP contribution in [0.1, 0.15) is 24.8 Å². The third-order valence-corrected chi connectivity index (χ3v) is 4.07. The average Bonchev–Trinajstić information content (AvgIpc) is 3.18. The molecular formula is C14H16N4O3S. The molecule has 1 atom stereocenters. The number of nitrogens with one attached hydrogen (secondary N) is 1. The van der Waals surface area contributed by atoms with Gasteiger partial charge in [0.15, 0.2) is 0 Å². The van der Waals surface area contributed by atoms with Crippen molar-refractivity contribution in [2.24, 2.45) is 0 Å². The van der Waals surface area contributed by atoms with Gasteiger partial charge in [0.25, 0.3) is 0 Å². The number of carbonyl (C=O) groups excluding carboxylic acids is 1. The molecule has 22 heavy (non-hydrogen) atoms. The van der Waals surface area contributed by atoms with Crippen LogP contribution in [0.5, 0.6) is 0 Å². The van der Waals surface area contributed by atoms with Gasteiger partial charge in [-0.05, 0) is 25.3 Å². The Morgan fingerprint density at radius 3 is 3.00 bits per heavy atom. The second kappa shape index (κ2) is 6.18. The van der Waals surface area contributed by atoms with E-state index in [0.717, 1.165) is 4.88 Å². The van der Waals surface area contributed by atoms with Crippen molar-refractivity contribution in [1.82, 2.24) is 14.8 Å². The second-order valence-corrected chi connectivity index (χ2v) is 5.44. The predicted molar refractivity (Wildman–Crippen MR) is 82.2 cm³/mol. The Kier molecular flexibility index (Phi) is 4.10. The van der Waals surface area contributed by atoms with E-state index in [4.69, 9.17) is 9.47 Å². The molecule has 0 saturated heterocycles. The Bertz CT molecular complexity index is 693. The molecule has 0 aliphatic carbocycles. The van der Waals surface area contributed by atoms with Gasteiger partial charge in [0.2, 0.25) is 11.8 Å². The number of carbonyl (C=O) groups is 1. The third-order valence-electron chi connectivity index (χ3n) is 3.14. The lowest BCUT2D eigenvalue weighted by Gasteiger charge is -2.27. The minimum absolute atomic E-state index is 0.295. The lowest BCUT2D eigenvalue weighted by Crippen LogP contribution is -2.29. The van der Waals surface area contributed by atoms with Crippen LogP contribution in [0.4, 0.5) is 5.95 Å². The van der Waals surface area contributed by atoms with Crippen LogP contribution in [-0.2, 0) is 14.3 Å². The maximum Gasteiger partial charge on any atom is 0.342 e. The topological polar surface area (TPSA) is 78.3 Å². The fourth-order valence-corrected chi connectivity index (χ4v) is 3.07. The summed E-state index contributed by atoms with van der Waals surface area (Å²) >= 11 is 1.55. The number of nitrogens with zero attached hydrogens (tertiary/aromatic N) is 3. The molecule has 0 spiro atoms. The van der Waals surface area contributed by atoms with Gasteiger partial charge in [0.1, 0.15) is 17.9 Å². The van der Waals surface area contributed by atoms with Crippen molar-refractivity contribution >= 4 is 29.1 Å². The van der Waals surface area contributed by atoms with E-state index in [-0.39, 0.29) is 6.04 Å². The molecule has 0 saturated carbocycles. The number of hydrogen-bond donors (Lipinski definition) is 1. The maximum absolute atomic E-state index is 12.5. The highest BCUT2D eigenvalue weighted by atomic mass is 32.1. The fourth-order valence-electron chi connectivity index (χ4n) is 2.29. The normalized spacial score (nSPS) is 16.9. The van der Waals surface area contributed by atoms with Gasteiger partial charge in [-0.15, -0.1) is 11.3 Å². The molecule has 1 unspecified atom stereocenters. The summed E-state index contributed by atoms with van der Waals surface area (Å²) in [5, 5.41) is 9.30. The lowest BCUT2D eigenvalue weighted by atomic mass is 10.0. The minimum atomic E-state index is -0.419. The van der Waals surface area contributed by atoms with Gasteiger partial charge >= 0.3 is 5.97 Å². The predicted octanol–water partition coefficient (Wildman–Crippen LogP) is 2.27. The molecule has 116 valence electrons. The van der Waals surface area contributed by atoms with Crippen LogP contribution in [0.25, 0.3) is 5.88 Å². The zero-order valence-corrected chi connectivity index (χ0v) is 13.1. The van der Waals surface area contributed by atoms with Crippen LogP contribution in [0.2, 0.25) is 0 Å². The quantitative estimate of drug-likeness (QED) is 0.852. The highest BCUT2D eigenvalue weighted by molar-refractivity contribution is 7.10. The highest BCUT2D eigenvalue weighted by Gasteiger charge is 2.36. The molecule has 0 amide bonds. The first-order valence-electron chi connectivity index (χ1n) is 7.00. The summed E-state index contributed by atoms with van der Waals surface area (Å²) in [5.41, 5.74) is 0.407. The maximum atomic E-state index is 12.5. The Morgan fingerprint density at radius 1 is 1.45 bits per heavy atom. The second-order valence-electron chi connectivity index (χ2n) is 4.46. The number of esters is 1. The molecule has 0 aromatic carbocycles. The van der Waals surface area contributed by atoms with E-state index in [1.165, 1.54) is 11.0 Å². The van der Waals surface area contributed by atoms with Crippen molar-refractivity contribution in [3.63, 3.8) is 0 Å².